The Balaban J connectivity index is 1.90. The fraction of sp³-hybridized carbons (Fsp3) is 0.105. The minimum atomic E-state index is -1.16. The van der Waals surface area contributed by atoms with E-state index in [1.165, 1.54) is 25.3 Å². The minimum Gasteiger partial charge on any atom is -0.493 e. The third-order valence-electron chi connectivity index (χ3n) is 3.77. The number of aliphatic carboxylic acids is 1. The lowest BCUT2D eigenvalue weighted by atomic mass is 10.1. The molecule has 3 rings (SSSR count). The molecule has 0 unspecified atom stereocenters. The Morgan fingerprint density at radius 2 is 1.90 bits per heavy atom. The average molecular weight is 454 g/mol. The Kier molecular flexibility index (Phi) is 6.36. The van der Waals surface area contributed by atoms with Crippen molar-refractivity contribution in [3.05, 3.63) is 56.9 Å². The highest BCUT2D eigenvalue weighted by molar-refractivity contribution is 8.19. The highest BCUT2D eigenvalue weighted by Gasteiger charge is 2.36. The number of nitrogens with zero attached hydrogens (tertiary/aromatic N) is 1. The molecule has 0 aliphatic carbocycles. The average Bonchev–Trinajstić information content (AvgIpc) is 2.94. The van der Waals surface area contributed by atoms with E-state index in [-0.39, 0.29) is 21.4 Å². The lowest BCUT2D eigenvalue weighted by Crippen LogP contribution is -2.27. The summed E-state index contributed by atoms with van der Waals surface area (Å²) < 4.78 is 10.3. The number of ether oxygens (including phenoxy) is 2. The molecule has 150 valence electrons. The molecule has 0 atom stereocenters. The molecule has 10 heteroatoms. The Morgan fingerprint density at radius 1 is 1.21 bits per heavy atom. The van der Waals surface area contributed by atoms with Crippen LogP contribution in [0.1, 0.15) is 5.56 Å². The van der Waals surface area contributed by atoms with Gasteiger partial charge in [-0.2, -0.15) is 0 Å². The minimum absolute atomic E-state index is 0.0722. The van der Waals surface area contributed by atoms with E-state index < -0.39 is 23.7 Å². The second-order valence-electron chi connectivity index (χ2n) is 5.71. The van der Waals surface area contributed by atoms with Crippen LogP contribution in [0.5, 0.6) is 11.5 Å². The number of carboxylic acid groups (broad SMARTS) is 1. The summed E-state index contributed by atoms with van der Waals surface area (Å²) in [6.07, 6.45) is 1.50. The first-order valence-corrected chi connectivity index (χ1v) is 9.63. The third-order valence-corrected chi connectivity index (χ3v) is 5.17. The zero-order chi connectivity index (χ0) is 21.1. The maximum absolute atomic E-state index is 12.7. The molecule has 1 saturated heterocycles. The number of carbonyl (C=O) groups is 3. The van der Waals surface area contributed by atoms with Gasteiger partial charge in [-0.1, -0.05) is 23.2 Å². The van der Waals surface area contributed by atoms with Crippen LogP contribution in [0.2, 0.25) is 10.0 Å². The molecule has 2 aromatic rings. The molecule has 1 aliphatic heterocycles. The van der Waals surface area contributed by atoms with E-state index in [4.69, 9.17) is 37.8 Å². The van der Waals surface area contributed by atoms with Crippen LogP contribution < -0.4 is 14.4 Å². The molecule has 2 amide bonds. The lowest BCUT2D eigenvalue weighted by Gasteiger charge is -2.13. The number of benzene rings is 2. The van der Waals surface area contributed by atoms with E-state index in [2.05, 4.69) is 0 Å². The number of amides is 2. The van der Waals surface area contributed by atoms with Gasteiger partial charge in [0.1, 0.15) is 0 Å². The van der Waals surface area contributed by atoms with Crippen molar-refractivity contribution in [2.75, 3.05) is 18.6 Å². The van der Waals surface area contributed by atoms with Crippen LogP contribution in [0, 0.1) is 0 Å². The summed E-state index contributed by atoms with van der Waals surface area (Å²) in [5.74, 6) is -1.38. The van der Waals surface area contributed by atoms with Crippen molar-refractivity contribution in [2.45, 2.75) is 0 Å². The second-order valence-corrected chi connectivity index (χ2v) is 7.55. The third kappa shape index (κ3) is 4.67. The number of hydrogen-bond donors (Lipinski definition) is 1. The zero-order valence-corrected chi connectivity index (χ0v) is 17.2. The molecule has 2 aromatic carbocycles. The summed E-state index contributed by atoms with van der Waals surface area (Å²) in [6, 6.07) is 9.34. The normalized spacial score (nSPS) is 15.1. The van der Waals surface area contributed by atoms with Crippen molar-refractivity contribution in [2.24, 2.45) is 0 Å². The summed E-state index contributed by atoms with van der Waals surface area (Å²) in [5.41, 5.74) is 0.893. The topological polar surface area (TPSA) is 93.1 Å². The van der Waals surface area contributed by atoms with Crippen molar-refractivity contribution >= 4 is 63.8 Å². The fourth-order valence-corrected chi connectivity index (χ4v) is 3.77. The predicted octanol–water partition coefficient (Wildman–Crippen LogP) is 4.71. The van der Waals surface area contributed by atoms with Gasteiger partial charge in [-0.25, -0.2) is 9.69 Å². The Hall–Kier alpha value is -2.68. The van der Waals surface area contributed by atoms with Crippen LogP contribution in [0.25, 0.3) is 6.08 Å². The second kappa shape index (κ2) is 8.77. The van der Waals surface area contributed by atoms with Crippen molar-refractivity contribution < 1.29 is 29.0 Å². The maximum atomic E-state index is 12.7. The van der Waals surface area contributed by atoms with Crippen LogP contribution >= 0.6 is 35.0 Å². The van der Waals surface area contributed by atoms with Crippen LogP contribution in [-0.2, 0) is 9.59 Å². The van der Waals surface area contributed by atoms with Crippen molar-refractivity contribution in [3.8, 4) is 11.5 Å². The number of rotatable bonds is 6. The maximum Gasteiger partial charge on any atom is 0.341 e. The quantitative estimate of drug-likeness (QED) is 0.632. The van der Waals surface area contributed by atoms with Crippen LogP contribution in [0.15, 0.2) is 41.3 Å². The first kappa shape index (κ1) is 21.0. The van der Waals surface area contributed by atoms with Gasteiger partial charge in [-0.3, -0.25) is 9.59 Å². The molecule has 29 heavy (non-hydrogen) atoms. The van der Waals surface area contributed by atoms with Crippen molar-refractivity contribution in [1.82, 2.24) is 0 Å². The predicted molar refractivity (Wildman–Crippen MR) is 111 cm³/mol. The van der Waals surface area contributed by atoms with Gasteiger partial charge in [0, 0.05) is 5.02 Å². The zero-order valence-electron chi connectivity index (χ0n) is 14.8. The molecule has 1 aliphatic rings. The SMILES string of the molecule is COc1cc(C=C2SC(=O)N(c3ccc(Cl)cc3)C2=O)cc(Cl)c1OCC(=O)O. The van der Waals surface area contributed by atoms with Gasteiger partial charge >= 0.3 is 5.97 Å². The molecule has 0 bridgehead atoms. The van der Waals surface area contributed by atoms with E-state index in [1.54, 1.807) is 24.3 Å². The van der Waals surface area contributed by atoms with Crippen molar-refractivity contribution in [3.63, 3.8) is 0 Å². The van der Waals surface area contributed by atoms with Gasteiger partial charge in [-0.05, 0) is 59.8 Å². The summed E-state index contributed by atoms with van der Waals surface area (Å²) in [6.45, 7) is -0.588. The number of methoxy groups -OCH3 is 1. The highest BCUT2D eigenvalue weighted by atomic mass is 35.5. The number of carboxylic acids is 1. The highest BCUT2D eigenvalue weighted by Crippen LogP contribution is 2.40. The van der Waals surface area contributed by atoms with E-state index >= 15 is 0 Å². The smallest absolute Gasteiger partial charge is 0.341 e. The molecule has 7 nitrogen and oxygen atoms in total. The first-order valence-electron chi connectivity index (χ1n) is 8.06. The van der Waals surface area contributed by atoms with E-state index in [0.717, 1.165) is 16.7 Å². The summed E-state index contributed by atoms with van der Waals surface area (Å²) >= 11 is 12.8. The summed E-state index contributed by atoms with van der Waals surface area (Å²) in [7, 11) is 1.37. The monoisotopic (exact) mass is 453 g/mol. The standard InChI is InChI=1S/C19H13Cl2NO6S/c1-27-14-7-10(6-13(21)17(14)28-9-16(23)24)8-15-18(25)22(19(26)29-15)12-4-2-11(20)3-5-12/h2-8H,9H2,1H3,(H,23,24). The number of carbonyl (C=O) groups excluding carboxylic acids is 2. The van der Waals surface area contributed by atoms with Gasteiger partial charge in [0.2, 0.25) is 0 Å². The molecular formula is C19H13Cl2NO6S. The Bertz CT molecular complexity index is 1020. The molecule has 0 saturated carbocycles. The summed E-state index contributed by atoms with van der Waals surface area (Å²) in [5, 5.41) is 8.91. The lowest BCUT2D eigenvalue weighted by molar-refractivity contribution is -0.139. The van der Waals surface area contributed by atoms with Gasteiger partial charge < -0.3 is 14.6 Å². The van der Waals surface area contributed by atoms with Crippen molar-refractivity contribution in [1.29, 1.82) is 0 Å². The number of halogens is 2. The van der Waals surface area contributed by atoms with Gasteiger partial charge in [0.25, 0.3) is 11.1 Å². The van der Waals surface area contributed by atoms with Gasteiger partial charge in [-0.15, -0.1) is 0 Å². The largest absolute Gasteiger partial charge is 0.493 e. The van der Waals surface area contributed by atoms with Gasteiger partial charge in [0.05, 0.1) is 22.7 Å². The molecule has 1 heterocycles. The van der Waals surface area contributed by atoms with E-state index in [0.29, 0.717) is 16.3 Å². The number of hydrogen-bond acceptors (Lipinski definition) is 6. The van der Waals surface area contributed by atoms with Crippen LogP contribution in [0.3, 0.4) is 0 Å². The van der Waals surface area contributed by atoms with Gasteiger partial charge in [0.15, 0.2) is 18.1 Å². The Labute approximate surface area is 179 Å². The molecule has 0 spiro atoms. The molecule has 1 fully saturated rings. The molecule has 0 aromatic heterocycles. The number of anilines is 1. The molecule has 1 N–H and O–H groups in total. The van der Waals surface area contributed by atoms with E-state index in [1.807, 2.05) is 0 Å². The molecular weight excluding hydrogens is 441 g/mol. The summed E-state index contributed by atoms with van der Waals surface area (Å²) in [4.78, 5) is 37.0. The number of thioether (sulfide) groups is 1. The van der Waals surface area contributed by atoms with Crippen LogP contribution in [0.4, 0.5) is 10.5 Å². The van der Waals surface area contributed by atoms with E-state index in [9.17, 15) is 14.4 Å². The number of imide groups is 1. The first-order chi connectivity index (χ1) is 13.8. The fourth-order valence-electron chi connectivity index (χ4n) is 2.53. The molecule has 0 radical (unpaired) electrons. The van der Waals surface area contributed by atoms with Crippen LogP contribution in [-0.4, -0.2) is 35.9 Å². The Morgan fingerprint density at radius 3 is 2.52 bits per heavy atom.